The van der Waals surface area contributed by atoms with E-state index in [-0.39, 0.29) is 6.03 Å². The van der Waals surface area contributed by atoms with Gasteiger partial charge in [-0.15, -0.1) is 0 Å². The third-order valence-corrected chi connectivity index (χ3v) is 6.75. The van der Waals surface area contributed by atoms with Gasteiger partial charge in [0.05, 0.1) is 5.69 Å². The minimum atomic E-state index is -0.0718. The Morgan fingerprint density at radius 2 is 1.63 bits per heavy atom. The number of nitrogens with one attached hydrogen (secondary N) is 1. The second-order valence-electron chi connectivity index (χ2n) is 8.89. The molecule has 1 saturated heterocycles. The molecule has 0 saturated carbocycles. The lowest BCUT2D eigenvalue weighted by molar-refractivity contribution is 0.208. The van der Waals surface area contributed by atoms with Crippen molar-refractivity contribution in [1.29, 1.82) is 0 Å². The van der Waals surface area contributed by atoms with E-state index in [0.29, 0.717) is 26.2 Å². The van der Waals surface area contributed by atoms with Crippen LogP contribution >= 0.6 is 11.6 Å². The first kappa shape index (κ1) is 23.1. The van der Waals surface area contributed by atoms with Gasteiger partial charge in [-0.05, 0) is 43.0 Å². The van der Waals surface area contributed by atoms with E-state index in [9.17, 15) is 4.79 Å². The monoisotopic (exact) mass is 485 g/mol. The zero-order chi connectivity index (χ0) is 24.4. The number of rotatable bonds is 4. The van der Waals surface area contributed by atoms with Gasteiger partial charge in [0.2, 0.25) is 0 Å². The number of fused-ring (bicyclic) bond motifs is 1. The molecule has 0 spiro atoms. The standard InChI is InChI=1S/C28H28ClN5O/c1-19-25(18-21-10-12-23(29)13-11-21)27(31-20(2)30-19)33-14-16-34(17-15-33)28(35)32-26-9-5-7-22-6-3-4-8-24(22)26/h3-13H,14-18H2,1-2H3,(H,32,35). The van der Waals surface area contributed by atoms with Gasteiger partial charge in [0.15, 0.2) is 0 Å². The number of hydrogen-bond acceptors (Lipinski definition) is 4. The Morgan fingerprint density at radius 1 is 0.914 bits per heavy atom. The van der Waals surface area contributed by atoms with Crippen LogP contribution in [0.25, 0.3) is 10.8 Å². The molecule has 1 fully saturated rings. The number of urea groups is 1. The maximum atomic E-state index is 13.1. The molecule has 1 aliphatic heterocycles. The highest BCUT2D eigenvalue weighted by Gasteiger charge is 2.25. The highest BCUT2D eigenvalue weighted by Crippen LogP contribution is 2.27. The molecule has 0 radical (unpaired) electrons. The van der Waals surface area contributed by atoms with Crippen LogP contribution in [-0.4, -0.2) is 47.1 Å². The van der Waals surface area contributed by atoms with Gasteiger partial charge in [-0.2, -0.15) is 0 Å². The van der Waals surface area contributed by atoms with E-state index in [1.165, 1.54) is 5.56 Å². The molecule has 4 aromatic rings. The number of aromatic nitrogens is 2. The fourth-order valence-electron chi connectivity index (χ4n) is 4.64. The van der Waals surface area contributed by atoms with E-state index < -0.39 is 0 Å². The van der Waals surface area contributed by atoms with Crippen molar-refractivity contribution in [1.82, 2.24) is 14.9 Å². The number of benzene rings is 3. The Hall–Kier alpha value is -3.64. The number of aryl methyl sites for hydroxylation is 2. The largest absolute Gasteiger partial charge is 0.353 e. The van der Waals surface area contributed by atoms with Gasteiger partial charge in [0.25, 0.3) is 0 Å². The van der Waals surface area contributed by atoms with Gasteiger partial charge in [-0.25, -0.2) is 14.8 Å². The average molecular weight is 486 g/mol. The first-order valence-corrected chi connectivity index (χ1v) is 12.2. The summed E-state index contributed by atoms with van der Waals surface area (Å²) in [6.45, 7) is 6.64. The molecule has 1 aliphatic rings. The minimum Gasteiger partial charge on any atom is -0.353 e. The minimum absolute atomic E-state index is 0.0718. The number of hydrogen-bond donors (Lipinski definition) is 1. The SMILES string of the molecule is Cc1nc(C)c(Cc2ccc(Cl)cc2)c(N2CCN(C(=O)Nc3cccc4ccccc34)CC2)n1. The second kappa shape index (κ2) is 9.92. The van der Waals surface area contributed by atoms with Crippen molar-refractivity contribution in [2.24, 2.45) is 0 Å². The molecule has 6 nitrogen and oxygen atoms in total. The van der Waals surface area contributed by atoms with Crippen molar-refractivity contribution in [3.8, 4) is 0 Å². The summed E-state index contributed by atoms with van der Waals surface area (Å²) < 4.78 is 0. The zero-order valence-electron chi connectivity index (χ0n) is 20.0. The van der Waals surface area contributed by atoms with Crippen molar-refractivity contribution in [2.45, 2.75) is 20.3 Å². The Balaban J connectivity index is 1.30. The van der Waals surface area contributed by atoms with E-state index in [4.69, 9.17) is 16.6 Å². The Labute approximate surface area is 210 Å². The highest BCUT2D eigenvalue weighted by atomic mass is 35.5. The molecule has 0 aliphatic carbocycles. The zero-order valence-corrected chi connectivity index (χ0v) is 20.7. The summed E-state index contributed by atoms with van der Waals surface area (Å²) in [6, 6.07) is 21.9. The molecule has 5 rings (SSSR count). The molecule has 1 aromatic heterocycles. The lowest BCUT2D eigenvalue weighted by Gasteiger charge is -2.36. The molecule has 2 heterocycles. The maximum Gasteiger partial charge on any atom is 0.321 e. The van der Waals surface area contributed by atoms with Crippen LogP contribution in [-0.2, 0) is 6.42 Å². The van der Waals surface area contributed by atoms with Crippen molar-refractivity contribution in [3.63, 3.8) is 0 Å². The summed E-state index contributed by atoms with van der Waals surface area (Å²) in [5.74, 6) is 1.72. The van der Waals surface area contributed by atoms with Gasteiger partial charge in [-0.3, -0.25) is 0 Å². The first-order chi connectivity index (χ1) is 17.0. The molecule has 7 heteroatoms. The van der Waals surface area contributed by atoms with Gasteiger partial charge in [0, 0.05) is 54.3 Å². The number of carbonyl (C=O) groups is 1. The number of nitrogens with zero attached hydrogens (tertiary/aromatic N) is 4. The van der Waals surface area contributed by atoms with E-state index in [2.05, 4.69) is 27.3 Å². The number of amides is 2. The van der Waals surface area contributed by atoms with E-state index in [0.717, 1.165) is 50.8 Å². The molecule has 3 aromatic carbocycles. The number of piperazine rings is 1. The highest BCUT2D eigenvalue weighted by molar-refractivity contribution is 6.30. The van der Waals surface area contributed by atoms with Crippen molar-refractivity contribution < 1.29 is 4.79 Å². The van der Waals surface area contributed by atoms with Crippen molar-refractivity contribution >= 4 is 39.9 Å². The van der Waals surface area contributed by atoms with Crippen LogP contribution < -0.4 is 10.2 Å². The third-order valence-electron chi connectivity index (χ3n) is 6.50. The van der Waals surface area contributed by atoms with Crippen LogP contribution in [0.15, 0.2) is 66.7 Å². The number of halogens is 1. The summed E-state index contributed by atoms with van der Waals surface area (Å²) in [5.41, 5.74) is 4.10. The summed E-state index contributed by atoms with van der Waals surface area (Å²) in [4.78, 5) is 26.6. The molecule has 0 unspecified atom stereocenters. The van der Waals surface area contributed by atoms with Crippen LogP contribution in [0.1, 0.15) is 22.6 Å². The fourth-order valence-corrected chi connectivity index (χ4v) is 4.77. The topological polar surface area (TPSA) is 61.4 Å². The summed E-state index contributed by atoms with van der Waals surface area (Å²) in [5, 5.41) is 5.99. The van der Waals surface area contributed by atoms with Crippen LogP contribution in [0, 0.1) is 13.8 Å². The molecule has 0 atom stereocenters. The van der Waals surface area contributed by atoms with Crippen molar-refractivity contribution in [2.75, 3.05) is 36.4 Å². The van der Waals surface area contributed by atoms with E-state index >= 15 is 0 Å². The van der Waals surface area contributed by atoms with Gasteiger partial charge >= 0.3 is 6.03 Å². The molecule has 1 N–H and O–H groups in total. The predicted octanol–water partition coefficient (Wildman–Crippen LogP) is 5.84. The first-order valence-electron chi connectivity index (χ1n) is 11.8. The van der Waals surface area contributed by atoms with Crippen LogP contribution in [0.2, 0.25) is 5.02 Å². The number of carbonyl (C=O) groups excluding carboxylic acids is 1. The van der Waals surface area contributed by atoms with Gasteiger partial charge in [-0.1, -0.05) is 60.1 Å². The third kappa shape index (κ3) is 5.08. The lowest BCUT2D eigenvalue weighted by atomic mass is 10.0. The second-order valence-corrected chi connectivity index (χ2v) is 9.33. The van der Waals surface area contributed by atoms with E-state index in [1.54, 1.807) is 0 Å². The molecule has 0 bridgehead atoms. The average Bonchev–Trinajstić information content (AvgIpc) is 2.87. The summed E-state index contributed by atoms with van der Waals surface area (Å²) >= 11 is 6.07. The Morgan fingerprint density at radius 3 is 2.40 bits per heavy atom. The van der Waals surface area contributed by atoms with Crippen molar-refractivity contribution in [3.05, 3.63) is 94.4 Å². The normalized spacial score (nSPS) is 13.8. The smallest absolute Gasteiger partial charge is 0.321 e. The molecule has 2 amide bonds. The number of anilines is 2. The van der Waals surface area contributed by atoms with Crippen LogP contribution in [0.5, 0.6) is 0 Å². The Kier molecular flexibility index (Phi) is 6.55. The maximum absolute atomic E-state index is 13.1. The van der Waals surface area contributed by atoms with Gasteiger partial charge < -0.3 is 15.1 Å². The van der Waals surface area contributed by atoms with Crippen LogP contribution in [0.3, 0.4) is 0 Å². The molecular formula is C28H28ClN5O. The lowest BCUT2D eigenvalue weighted by Crippen LogP contribution is -2.50. The quantitative estimate of drug-likeness (QED) is 0.394. The Bertz CT molecular complexity index is 1360. The summed E-state index contributed by atoms with van der Waals surface area (Å²) in [6.07, 6.45) is 0.737. The molecular weight excluding hydrogens is 458 g/mol. The van der Waals surface area contributed by atoms with Crippen LogP contribution in [0.4, 0.5) is 16.3 Å². The summed E-state index contributed by atoms with van der Waals surface area (Å²) in [7, 11) is 0. The van der Waals surface area contributed by atoms with Gasteiger partial charge in [0.1, 0.15) is 11.6 Å². The molecule has 35 heavy (non-hydrogen) atoms. The molecule has 178 valence electrons. The predicted molar refractivity (Wildman–Crippen MR) is 143 cm³/mol. The fraction of sp³-hybridized carbons (Fsp3) is 0.250. The van der Waals surface area contributed by atoms with E-state index in [1.807, 2.05) is 73.3 Å².